The fraction of sp³-hybridized carbons (Fsp3) is 0. The van der Waals surface area contributed by atoms with Gasteiger partial charge in [-0.3, -0.25) is 0 Å². The Labute approximate surface area is 117 Å². The van der Waals surface area contributed by atoms with Crippen LogP contribution in [0.2, 0.25) is 0 Å². The molecule has 3 rings (SSSR count). The summed E-state index contributed by atoms with van der Waals surface area (Å²) in [5.74, 6) is 0.140. The number of aromatic hydroxyl groups is 2. The van der Waals surface area contributed by atoms with Gasteiger partial charge >= 0.3 is 0 Å². The van der Waals surface area contributed by atoms with E-state index in [0.717, 1.165) is 16.7 Å². The summed E-state index contributed by atoms with van der Waals surface area (Å²) < 4.78 is 0. The summed E-state index contributed by atoms with van der Waals surface area (Å²) in [7, 11) is 0. The Morgan fingerprint density at radius 1 is 0.550 bits per heavy atom. The lowest BCUT2D eigenvalue weighted by Gasteiger charge is -2.08. The van der Waals surface area contributed by atoms with Crippen LogP contribution in [0.5, 0.6) is 11.5 Å². The first-order chi connectivity index (χ1) is 9.74. The molecule has 0 saturated carbocycles. The molecule has 0 atom stereocenters. The highest BCUT2D eigenvalue weighted by Crippen LogP contribution is 2.33. The van der Waals surface area contributed by atoms with Crippen LogP contribution in [-0.4, -0.2) is 10.2 Å². The standard InChI is InChI=1S/C18H14O2/c19-16-9-10-17(18(20)12-16)15-8-4-7-14(11-15)13-5-2-1-3-6-13/h1-12,19-20H. The van der Waals surface area contributed by atoms with Gasteiger partial charge in [0.2, 0.25) is 0 Å². The largest absolute Gasteiger partial charge is 0.508 e. The van der Waals surface area contributed by atoms with Crippen molar-refractivity contribution in [3.8, 4) is 33.8 Å². The van der Waals surface area contributed by atoms with Crippen LogP contribution >= 0.6 is 0 Å². The first-order valence-electron chi connectivity index (χ1n) is 6.42. The van der Waals surface area contributed by atoms with Crippen molar-refractivity contribution in [1.29, 1.82) is 0 Å². The molecule has 0 unspecified atom stereocenters. The van der Waals surface area contributed by atoms with Crippen LogP contribution in [0.4, 0.5) is 0 Å². The van der Waals surface area contributed by atoms with E-state index in [-0.39, 0.29) is 11.5 Å². The van der Waals surface area contributed by atoms with E-state index in [2.05, 4.69) is 12.1 Å². The first kappa shape index (κ1) is 12.3. The first-order valence-corrected chi connectivity index (χ1v) is 6.42. The third-order valence-electron chi connectivity index (χ3n) is 3.26. The van der Waals surface area contributed by atoms with Crippen molar-refractivity contribution in [3.63, 3.8) is 0 Å². The highest BCUT2D eigenvalue weighted by molar-refractivity contribution is 5.76. The minimum atomic E-state index is 0.0606. The van der Waals surface area contributed by atoms with Crippen molar-refractivity contribution in [2.24, 2.45) is 0 Å². The summed E-state index contributed by atoms with van der Waals surface area (Å²) in [6.45, 7) is 0. The molecule has 0 amide bonds. The second kappa shape index (κ2) is 5.10. The monoisotopic (exact) mass is 262 g/mol. The molecular weight excluding hydrogens is 248 g/mol. The van der Waals surface area contributed by atoms with Crippen LogP contribution in [0.1, 0.15) is 0 Å². The second-order valence-corrected chi connectivity index (χ2v) is 4.65. The molecule has 3 aromatic rings. The summed E-state index contributed by atoms with van der Waals surface area (Å²) in [4.78, 5) is 0. The Balaban J connectivity index is 2.08. The van der Waals surface area contributed by atoms with Crippen molar-refractivity contribution >= 4 is 0 Å². The van der Waals surface area contributed by atoms with E-state index in [1.807, 2.05) is 42.5 Å². The molecule has 2 nitrogen and oxygen atoms in total. The van der Waals surface area contributed by atoms with Gasteiger partial charge in [0.25, 0.3) is 0 Å². The predicted octanol–water partition coefficient (Wildman–Crippen LogP) is 4.43. The van der Waals surface area contributed by atoms with Crippen LogP contribution < -0.4 is 0 Å². The molecule has 0 radical (unpaired) electrons. The van der Waals surface area contributed by atoms with Gasteiger partial charge in [0.1, 0.15) is 11.5 Å². The molecule has 0 heterocycles. The average molecular weight is 262 g/mol. The fourth-order valence-electron chi connectivity index (χ4n) is 2.26. The van der Waals surface area contributed by atoms with Crippen LogP contribution in [0.15, 0.2) is 72.8 Å². The molecular formula is C18H14O2. The van der Waals surface area contributed by atoms with Crippen molar-refractivity contribution in [2.45, 2.75) is 0 Å². The van der Waals surface area contributed by atoms with Gasteiger partial charge < -0.3 is 10.2 Å². The highest BCUT2D eigenvalue weighted by Gasteiger charge is 2.06. The van der Waals surface area contributed by atoms with Crippen molar-refractivity contribution < 1.29 is 10.2 Å². The van der Waals surface area contributed by atoms with Crippen molar-refractivity contribution in [2.75, 3.05) is 0 Å². The lowest BCUT2D eigenvalue weighted by atomic mass is 9.98. The maximum atomic E-state index is 9.95. The van der Waals surface area contributed by atoms with E-state index in [4.69, 9.17) is 0 Å². The third kappa shape index (κ3) is 2.36. The number of hydrogen-bond acceptors (Lipinski definition) is 2. The highest BCUT2D eigenvalue weighted by atomic mass is 16.3. The SMILES string of the molecule is Oc1ccc(-c2cccc(-c3ccccc3)c2)c(O)c1. The smallest absolute Gasteiger partial charge is 0.127 e. The Morgan fingerprint density at radius 2 is 1.25 bits per heavy atom. The molecule has 0 aliphatic carbocycles. The zero-order chi connectivity index (χ0) is 13.9. The molecule has 2 heteroatoms. The summed E-state index contributed by atoms with van der Waals surface area (Å²) >= 11 is 0. The Morgan fingerprint density at radius 3 is 2.00 bits per heavy atom. The second-order valence-electron chi connectivity index (χ2n) is 4.65. The maximum absolute atomic E-state index is 9.95. The molecule has 0 spiro atoms. The Bertz CT molecular complexity index is 733. The van der Waals surface area contributed by atoms with Gasteiger partial charge in [-0.2, -0.15) is 0 Å². The van der Waals surface area contributed by atoms with Crippen LogP contribution in [0, 0.1) is 0 Å². The lowest BCUT2D eigenvalue weighted by Crippen LogP contribution is -1.82. The van der Waals surface area contributed by atoms with E-state index in [1.54, 1.807) is 12.1 Å². The average Bonchev–Trinajstić information content (AvgIpc) is 2.48. The Kier molecular flexibility index (Phi) is 3.13. The number of hydrogen-bond donors (Lipinski definition) is 2. The number of phenolic OH excluding ortho intramolecular Hbond substituents is 2. The van der Waals surface area contributed by atoms with E-state index >= 15 is 0 Å². The van der Waals surface area contributed by atoms with E-state index in [0.29, 0.717) is 5.56 Å². The van der Waals surface area contributed by atoms with Gasteiger partial charge in [-0.25, -0.2) is 0 Å². The molecule has 0 aliphatic heterocycles. The zero-order valence-electron chi connectivity index (χ0n) is 10.8. The quantitative estimate of drug-likeness (QED) is 0.717. The number of rotatable bonds is 2. The summed E-state index contributed by atoms with van der Waals surface area (Å²) in [5, 5.41) is 19.3. The molecule has 0 aliphatic rings. The van der Waals surface area contributed by atoms with E-state index < -0.39 is 0 Å². The van der Waals surface area contributed by atoms with Gasteiger partial charge in [-0.05, 0) is 34.9 Å². The normalized spacial score (nSPS) is 10.4. The lowest BCUT2D eigenvalue weighted by molar-refractivity contribution is 0.452. The third-order valence-corrected chi connectivity index (χ3v) is 3.26. The summed E-state index contributed by atoms with van der Waals surface area (Å²) in [6, 6.07) is 22.7. The minimum absolute atomic E-state index is 0.0606. The van der Waals surface area contributed by atoms with Crippen LogP contribution in [-0.2, 0) is 0 Å². The molecule has 0 saturated heterocycles. The minimum Gasteiger partial charge on any atom is -0.508 e. The van der Waals surface area contributed by atoms with E-state index in [1.165, 1.54) is 6.07 Å². The zero-order valence-corrected chi connectivity index (χ0v) is 10.8. The van der Waals surface area contributed by atoms with Crippen molar-refractivity contribution in [1.82, 2.24) is 0 Å². The van der Waals surface area contributed by atoms with E-state index in [9.17, 15) is 10.2 Å². The molecule has 3 aromatic carbocycles. The molecule has 0 aromatic heterocycles. The summed E-state index contributed by atoms with van der Waals surface area (Å²) in [5.41, 5.74) is 3.85. The molecule has 98 valence electrons. The van der Waals surface area contributed by atoms with Crippen LogP contribution in [0.25, 0.3) is 22.3 Å². The van der Waals surface area contributed by atoms with Gasteiger partial charge in [0.05, 0.1) is 0 Å². The van der Waals surface area contributed by atoms with Crippen LogP contribution in [0.3, 0.4) is 0 Å². The number of benzene rings is 3. The van der Waals surface area contributed by atoms with Gasteiger partial charge in [-0.1, -0.05) is 48.5 Å². The maximum Gasteiger partial charge on any atom is 0.127 e. The summed E-state index contributed by atoms with van der Waals surface area (Å²) in [6.07, 6.45) is 0. The topological polar surface area (TPSA) is 40.5 Å². The van der Waals surface area contributed by atoms with Gasteiger partial charge in [-0.15, -0.1) is 0 Å². The fourth-order valence-corrected chi connectivity index (χ4v) is 2.26. The number of phenols is 2. The van der Waals surface area contributed by atoms with Crippen molar-refractivity contribution in [3.05, 3.63) is 72.8 Å². The molecule has 0 fully saturated rings. The Hall–Kier alpha value is -2.74. The molecule has 2 N–H and O–H groups in total. The predicted molar refractivity (Wildman–Crippen MR) is 80.6 cm³/mol. The molecule has 20 heavy (non-hydrogen) atoms. The van der Waals surface area contributed by atoms with Gasteiger partial charge in [0, 0.05) is 11.6 Å². The van der Waals surface area contributed by atoms with Gasteiger partial charge in [0.15, 0.2) is 0 Å². The molecule has 0 bridgehead atoms.